The third kappa shape index (κ3) is 7.53. The molecule has 2 aliphatic heterocycles. The van der Waals surface area contributed by atoms with Gasteiger partial charge in [-0.05, 0) is 77.0 Å². The van der Waals surface area contributed by atoms with Crippen LogP contribution in [0.4, 0.5) is 0 Å². The molecule has 0 radical (unpaired) electrons. The summed E-state index contributed by atoms with van der Waals surface area (Å²) in [6, 6.07) is 14.2. The van der Waals surface area contributed by atoms with Gasteiger partial charge in [0.05, 0.1) is 17.0 Å². The van der Waals surface area contributed by atoms with Crippen LogP contribution in [0.5, 0.6) is 11.5 Å². The summed E-state index contributed by atoms with van der Waals surface area (Å²) in [5.74, 6) is 1.00. The molecule has 9 heteroatoms. The van der Waals surface area contributed by atoms with Crippen LogP contribution in [0.15, 0.2) is 48.5 Å². The molecule has 1 spiro atoms. The number of hydrogen-bond donors (Lipinski definition) is 2. The Morgan fingerprint density at radius 1 is 1.07 bits per heavy atom. The largest absolute Gasteiger partial charge is 0.492 e. The van der Waals surface area contributed by atoms with E-state index >= 15 is 0 Å². The van der Waals surface area contributed by atoms with Crippen molar-refractivity contribution in [2.75, 3.05) is 53.5 Å². The first kappa shape index (κ1) is 29.4. The average molecular weight is 551 g/mol. The van der Waals surface area contributed by atoms with Gasteiger partial charge in [-0.15, -0.1) is 0 Å². The second-order valence-corrected chi connectivity index (χ2v) is 11.1. The van der Waals surface area contributed by atoms with E-state index in [9.17, 15) is 14.4 Å². The Bertz CT molecular complexity index is 1180. The fraction of sp³-hybridized carbons (Fsp3) is 0.516. The molecule has 2 heterocycles. The fourth-order valence-corrected chi connectivity index (χ4v) is 5.27. The third-order valence-corrected chi connectivity index (χ3v) is 7.74. The number of benzene rings is 2. The van der Waals surface area contributed by atoms with E-state index in [4.69, 9.17) is 9.47 Å². The van der Waals surface area contributed by atoms with Crippen LogP contribution in [0.3, 0.4) is 0 Å². The van der Waals surface area contributed by atoms with Crippen molar-refractivity contribution in [3.63, 3.8) is 0 Å². The van der Waals surface area contributed by atoms with E-state index in [0.29, 0.717) is 68.1 Å². The quantitative estimate of drug-likeness (QED) is 0.593. The maximum absolute atomic E-state index is 13.6. The van der Waals surface area contributed by atoms with Gasteiger partial charge in [0.1, 0.15) is 24.7 Å². The zero-order chi connectivity index (χ0) is 28.5. The van der Waals surface area contributed by atoms with Crippen LogP contribution in [0, 0.1) is 5.41 Å². The zero-order valence-electron chi connectivity index (χ0n) is 23.9. The van der Waals surface area contributed by atoms with Gasteiger partial charge in [0, 0.05) is 31.7 Å². The summed E-state index contributed by atoms with van der Waals surface area (Å²) in [6.45, 7) is 5.04. The number of nitrogens with one attached hydrogen (secondary N) is 2. The van der Waals surface area contributed by atoms with Gasteiger partial charge in [0.2, 0.25) is 5.91 Å². The Hall–Kier alpha value is -3.59. The number of fused-ring (bicyclic) bond motifs is 1. The molecule has 0 aromatic heterocycles. The van der Waals surface area contributed by atoms with Crippen molar-refractivity contribution in [3.05, 3.63) is 59.7 Å². The van der Waals surface area contributed by atoms with E-state index in [1.54, 1.807) is 18.2 Å². The normalized spacial score (nSPS) is 20.1. The highest BCUT2D eigenvalue weighted by Crippen LogP contribution is 2.38. The number of piperidine rings is 1. The van der Waals surface area contributed by atoms with Crippen molar-refractivity contribution in [1.29, 1.82) is 0 Å². The van der Waals surface area contributed by atoms with Gasteiger partial charge >= 0.3 is 0 Å². The van der Waals surface area contributed by atoms with E-state index in [0.717, 1.165) is 19.4 Å². The highest BCUT2D eigenvalue weighted by atomic mass is 16.5. The molecular weight excluding hydrogens is 508 g/mol. The summed E-state index contributed by atoms with van der Waals surface area (Å²) in [4.78, 5) is 43.6. The molecule has 2 aliphatic rings. The second kappa shape index (κ2) is 13.7. The lowest BCUT2D eigenvalue weighted by Gasteiger charge is -2.41. The summed E-state index contributed by atoms with van der Waals surface area (Å²) in [6.07, 6.45) is 3.46. The first-order valence-corrected chi connectivity index (χ1v) is 14.3. The van der Waals surface area contributed by atoms with Crippen molar-refractivity contribution in [2.24, 2.45) is 5.41 Å². The van der Waals surface area contributed by atoms with Crippen LogP contribution in [0.25, 0.3) is 0 Å². The first-order chi connectivity index (χ1) is 19.3. The third-order valence-electron chi connectivity index (χ3n) is 7.74. The first-order valence-electron chi connectivity index (χ1n) is 14.3. The topological polar surface area (TPSA) is 100 Å². The smallest absolute Gasteiger partial charge is 0.255 e. The number of amides is 3. The molecule has 9 nitrogen and oxygen atoms in total. The van der Waals surface area contributed by atoms with Gasteiger partial charge in [0.25, 0.3) is 11.8 Å². The molecule has 3 amide bonds. The lowest BCUT2D eigenvalue weighted by atomic mass is 9.73. The van der Waals surface area contributed by atoms with Gasteiger partial charge in [-0.3, -0.25) is 14.4 Å². The van der Waals surface area contributed by atoms with Gasteiger partial charge < -0.3 is 29.9 Å². The molecule has 40 heavy (non-hydrogen) atoms. The highest BCUT2D eigenvalue weighted by Gasteiger charge is 2.42. The molecular formula is C31H42N4O5. The van der Waals surface area contributed by atoms with E-state index in [1.807, 2.05) is 61.2 Å². The molecule has 0 saturated carbocycles. The molecule has 216 valence electrons. The number of ether oxygens (including phenoxy) is 2. The van der Waals surface area contributed by atoms with Crippen LogP contribution < -0.4 is 20.1 Å². The SMILES string of the molecule is C[C@@H]1COc2ccccc2C(=O)NCCCCC2(CCN(C(=O)c3cccc(OCCN(C)C)c3)CC2)C(=O)N1. The van der Waals surface area contributed by atoms with Gasteiger partial charge in [-0.2, -0.15) is 0 Å². The van der Waals surface area contributed by atoms with Crippen molar-refractivity contribution >= 4 is 17.7 Å². The maximum Gasteiger partial charge on any atom is 0.255 e. The number of hydrogen-bond acceptors (Lipinski definition) is 6. The van der Waals surface area contributed by atoms with Crippen molar-refractivity contribution in [1.82, 2.24) is 20.4 Å². The van der Waals surface area contributed by atoms with Crippen LogP contribution in [0.1, 0.15) is 59.7 Å². The lowest BCUT2D eigenvalue weighted by Crippen LogP contribution is -2.52. The predicted molar refractivity (Wildman–Crippen MR) is 154 cm³/mol. The minimum Gasteiger partial charge on any atom is -0.492 e. The van der Waals surface area contributed by atoms with Crippen LogP contribution in [-0.2, 0) is 4.79 Å². The van der Waals surface area contributed by atoms with E-state index in [-0.39, 0.29) is 30.4 Å². The number of rotatable bonds is 5. The molecule has 2 aromatic carbocycles. The Kier molecular flexibility index (Phi) is 10.0. The number of nitrogens with zero attached hydrogens (tertiary/aromatic N) is 2. The number of likely N-dealkylation sites (tertiary alicyclic amines) is 1. The summed E-state index contributed by atoms with van der Waals surface area (Å²) >= 11 is 0. The van der Waals surface area contributed by atoms with Crippen molar-refractivity contribution in [2.45, 2.75) is 45.1 Å². The summed E-state index contributed by atoms with van der Waals surface area (Å²) in [7, 11) is 3.98. The van der Waals surface area contributed by atoms with Gasteiger partial charge in [-0.25, -0.2) is 0 Å². The molecule has 2 aromatic rings. The number of carbonyl (C=O) groups excluding carboxylic acids is 3. The molecule has 2 N–H and O–H groups in total. The Balaban J connectivity index is 1.40. The van der Waals surface area contributed by atoms with Gasteiger partial charge in [-0.1, -0.05) is 24.6 Å². The van der Waals surface area contributed by atoms with E-state index in [1.165, 1.54) is 0 Å². The molecule has 0 unspecified atom stereocenters. The minimum atomic E-state index is -0.561. The Morgan fingerprint density at radius 3 is 2.62 bits per heavy atom. The summed E-state index contributed by atoms with van der Waals surface area (Å²) < 4.78 is 11.8. The Labute approximate surface area is 237 Å². The average Bonchev–Trinajstić information content (AvgIpc) is 2.95. The van der Waals surface area contributed by atoms with Gasteiger partial charge in [0.15, 0.2) is 0 Å². The highest BCUT2D eigenvalue weighted by molar-refractivity contribution is 5.97. The van der Waals surface area contributed by atoms with Crippen LogP contribution in [0.2, 0.25) is 0 Å². The number of carbonyl (C=O) groups is 3. The van der Waals surface area contributed by atoms with Crippen LogP contribution >= 0.6 is 0 Å². The maximum atomic E-state index is 13.6. The molecule has 0 aliphatic carbocycles. The standard InChI is InChI=1S/C31H42N4O5/c1-23-22-40-27-12-5-4-11-26(27)28(36)32-16-7-6-13-31(30(38)33-23)14-17-35(18-15-31)29(37)24-9-8-10-25(21-24)39-20-19-34(2)3/h4-5,8-12,21,23H,6-7,13-20,22H2,1-3H3,(H,32,36)(H,33,38)/t23-/m1/s1. The molecule has 0 bridgehead atoms. The second-order valence-electron chi connectivity index (χ2n) is 11.1. The van der Waals surface area contributed by atoms with E-state index in [2.05, 4.69) is 10.6 Å². The summed E-state index contributed by atoms with van der Waals surface area (Å²) in [5.41, 5.74) is 0.529. The molecule has 1 fully saturated rings. The van der Waals surface area contributed by atoms with Crippen molar-refractivity contribution < 1.29 is 23.9 Å². The fourth-order valence-electron chi connectivity index (χ4n) is 5.27. The molecule has 4 rings (SSSR count). The van der Waals surface area contributed by atoms with E-state index < -0.39 is 5.41 Å². The lowest BCUT2D eigenvalue weighted by molar-refractivity contribution is -0.135. The number of para-hydroxylation sites is 1. The predicted octanol–water partition coefficient (Wildman–Crippen LogP) is 3.35. The summed E-state index contributed by atoms with van der Waals surface area (Å²) in [5, 5.41) is 6.14. The zero-order valence-corrected chi connectivity index (χ0v) is 23.9. The molecule has 1 atom stereocenters. The number of likely N-dealkylation sites (N-methyl/N-ethyl adjacent to an activating group) is 1. The van der Waals surface area contributed by atoms with Crippen LogP contribution in [-0.4, -0.2) is 87.1 Å². The van der Waals surface area contributed by atoms with Crippen molar-refractivity contribution in [3.8, 4) is 11.5 Å². The monoisotopic (exact) mass is 550 g/mol. The molecule has 1 saturated heterocycles. The Morgan fingerprint density at radius 2 is 1.85 bits per heavy atom. The minimum absolute atomic E-state index is 0.0152.